The van der Waals surface area contributed by atoms with Crippen LogP contribution in [-0.2, 0) is 14.6 Å². The molecule has 1 heterocycles. The van der Waals surface area contributed by atoms with E-state index in [4.69, 9.17) is 18.6 Å². The monoisotopic (exact) mass is 473 g/mol. The summed E-state index contributed by atoms with van der Waals surface area (Å²) >= 11 is 0. The minimum atomic E-state index is -3.49. The first-order chi connectivity index (χ1) is 15.9. The number of nitrogens with one attached hydrogen (secondary N) is 1. The molecule has 1 N–H and O–H groups in total. The molecule has 0 saturated carbocycles. The summed E-state index contributed by atoms with van der Waals surface area (Å²) in [6.45, 7) is -0.134. The van der Waals surface area contributed by atoms with E-state index in [0.29, 0.717) is 0 Å². The maximum absolute atomic E-state index is 12.8. The van der Waals surface area contributed by atoms with E-state index in [9.17, 15) is 18.0 Å². The number of amides is 1. The van der Waals surface area contributed by atoms with Gasteiger partial charge in [-0.2, -0.15) is 0 Å². The molecule has 0 fully saturated rings. The summed E-state index contributed by atoms with van der Waals surface area (Å²) in [5.41, 5.74) is 0.134. The molecule has 0 bridgehead atoms. The lowest BCUT2D eigenvalue weighted by atomic mass is 10.1. The van der Waals surface area contributed by atoms with Crippen molar-refractivity contribution in [1.29, 1.82) is 0 Å². The van der Waals surface area contributed by atoms with Gasteiger partial charge in [-0.1, -0.05) is 18.2 Å². The first kappa shape index (κ1) is 23.9. The zero-order valence-electron chi connectivity index (χ0n) is 18.1. The Morgan fingerprint density at radius 3 is 2.30 bits per heavy atom. The van der Waals surface area contributed by atoms with Crippen molar-refractivity contribution in [2.75, 3.05) is 31.9 Å². The maximum Gasteiger partial charge on any atom is 0.340 e. The lowest BCUT2D eigenvalue weighted by Gasteiger charge is -2.15. The molecule has 0 aliphatic rings. The van der Waals surface area contributed by atoms with E-state index in [1.54, 1.807) is 24.3 Å². The van der Waals surface area contributed by atoms with E-state index in [2.05, 4.69) is 5.32 Å². The Kier molecular flexibility index (Phi) is 7.73. The third kappa shape index (κ3) is 5.92. The zero-order valence-corrected chi connectivity index (χ0v) is 18.9. The van der Waals surface area contributed by atoms with Crippen molar-refractivity contribution in [1.82, 2.24) is 0 Å². The highest BCUT2D eigenvalue weighted by atomic mass is 32.2. The van der Waals surface area contributed by atoms with Gasteiger partial charge in [0.1, 0.15) is 0 Å². The van der Waals surface area contributed by atoms with Crippen LogP contribution in [0.4, 0.5) is 5.69 Å². The summed E-state index contributed by atoms with van der Waals surface area (Å²) in [5, 5.41) is 2.59. The standard InChI is InChI=1S/C23H23NO8S/c1-29-20-14-17(18(15-21(20)30-2)24-22(25)19-10-6-11-31-19)23(26)32-12-7-13-33(27,28)16-8-4-3-5-9-16/h3-6,8-11,14-15H,7,12-13H2,1-2H3,(H,24,25). The molecule has 9 nitrogen and oxygen atoms in total. The van der Waals surface area contributed by atoms with Gasteiger partial charge < -0.3 is 23.9 Å². The van der Waals surface area contributed by atoms with Crippen LogP contribution in [0, 0.1) is 0 Å². The van der Waals surface area contributed by atoms with E-state index in [0.717, 1.165) is 0 Å². The number of esters is 1. The van der Waals surface area contributed by atoms with E-state index in [-0.39, 0.29) is 52.2 Å². The van der Waals surface area contributed by atoms with E-state index in [1.165, 1.54) is 50.8 Å². The van der Waals surface area contributed by atoms with Crippen LogP contribution in [-0.4, -0.2) is 46.9 Å². The predicted molar refractivity (Wildman–Crippen MR) is 120 cm³/mol. The van der Waals surface area contributed by atoms with Gasteiger partial charge in [0, 0.05) is 12.1 Å². The van der Waals surface area contributed by atoms with Gasteiger partial charge in [0.15, 0.2) is 27.1 Å². The topological polar surface area (TPSA) is 121 Å². The van der Waals surface area contributed by atoms with Gasteiger partial charge >= 0.3 is 5.97 Å². The summed E-state index contributed by atoms with van der Waals surface area (Å²) in [6, 6.07) is 13.9. The summed E-state index contributed by atoms with van der Waals surface area (Å²) in [5.74, 6) is -0.920. The summed E-state index contributed by atoms with van der Waals surface area (Å²) in [4.78, 5) is 25.4. The lowest BCUT2D eigenvalue weighted by molar-refractivity contribution is 0.0506. The second kappa shape index (κ2) is 10.7. The Morgan fingerprint density at radius 1 is 0.970 bits per heavy atom. The molecule has 33 heavy (non-hydrogen) atoms. The quantitative estimate of drug-likeness (QED) is 0.350. The third-order valence-electron chi connectivity index (χ3n) is 4.63. The minimum absolute atomic E-state index is 0.0125. The number of rotatable bonds is 10. The van der Waals surface area contributed by atoms with Gasteiger partial charge in [-0.15, -0.1) is 0 Å². The van der Waals surface area contributed by atoms with Crippen molar-refractivity contribution in [2.24, 2.45) is 0 Å². The van der Waals surface area contributed by atoms with Crippen LogP contribution in [0.5, 0.6) is 11.5 Å². The van der Waals surface area contributed by atoms with Crippen LogP contribution in [0.15, 0.2) is 70.2 Å². The minimum Gasteiger partial charge on any atom is -0.493 e. The Hall–Kier alpha value is -3.79. The van der Waals surface area contributed by atoms with Crippen LogP contribution < -0.4 is 14.8 Å². The molecule has 1 aromatic heterocycles. The van der Waals surface area contributed by atoms with E-state index >= 15 is 0 Å². The molecule has 0 spiro atoms. The number of ether oxygens (including phenoxy) is 3. The molecule has 3 rings (SSSR count). The number of benzene rings is 2. The highest BCUT2D eigenvalue weighted by Crippen LogP contribution is 2.34. The number of anilines is 1. The molecule has 0 aliphatic heterocycles. The second-order valence-electron chi connectivity index (χ2n) is 6.81. The van der Waals surface area contributed by atoms with Gasteiger partial charge in [-0.25, -0.2) is 13.2 Å². The van der Waals surface area contributed by atoms with E-state index < -0.39 is 21.7 Å². The largest absolute Gasteiger partial charge is 0.493 e. The van der Waals surface area contributed by atoms with Crippen LogP contribution in [0.1, 0.15) is 27.3 Å². The lowest BCUT2D eigenvalue weighted by Crippen LogP contribution is -2.17. The Morgan fingerprint density at radius 2 is 1.67 bits per heavy atom. The molecule has 0 aliphatic carbocycles. The fraction of sp³-hybridized carbons (Fsp3) is 0.217. The number of sulfone groups is 1. The summed E-state index contributed by atoms with van der Waals surface area (Å²) in [6.07, 6.45) is 1.45. The highest BCUT2D eigenvalue weighted by molar-refractivity contribution is 7.91. The third-order valence-corrected chi connectivity index (χ3v) is 6.45. The fourth-order valence-electron chi connectivity index (χ4n) is 2.98. The van der Waals surface area contributed by atoms with Gasteiger partial charge in [-0.05, 0) is 30.7 Å². The molecule has 0 saturated heterocycles. The molecule has 10 heteroatoms. The van der Waals surface area contributed by atoms with Crippen LogP contribution in [0.2, 0.25) is 0 Å². The van der Waals surface area contributed by atoms with E-state index in [1.807, 2.05) is 0 Å². The molecule has 3 aromatic rings. The van der Waals surface area contributed by atoms with Crippen molar-refractivity contribution in [3.63, 3.8) is 0 Å². The molecule has 0 radical (unpaired) electrons. The van der Waals surface area contributed by atoms with Gasteiger partial charge in [0.05, 0.1) is 49.0 Å². The van der Waals surface area contributed by atoms with Crippen LogP contribution in [0.25, 0.3) is 0 Å². The molecule has 174 valence electrons. The van der Waals surface area contributed by atoms with Crippen molar-refractivity contribution < 1.29 is 36.6 Å². The first-order valence-electron chi connectivity index (χ1n) is 9.91. The van der Waals surface area contributed by atoms with Crippen molar-refractivity contribution in [2.45, 2.75) is 11.3 Å². The summed E-state index contributed by atoms with van der Waals surface area (Å²) < 4.78 is 45.5. The zero-order chi connectivity index (χ0) is 23.8. The molecule has 0 atom stereocenters. The van der Waals surface area contributed by atoms with Gasteiger partial charge in [0.25, 0.3) is 5.91 Å². The molecule has 2 aromatic carbocycles. The number of carbonyl (C=O) groups excluding carboxylic acids is 2. The normalized spacial score (nSPS) is 11.0. The Bertz CT molecular complexity index is 1200. The molecular formula is C23H23NO8S. The van der Waals surface area contributed by atoms with Crippen LogP contribution >= 0.6 is 0 Å². The average Bonchev–Trinajstić information content (AvgIpc) is 3.37. The van der Waals surface area contributed by atoms with Gasteiger partial charge in [0.2, 0.25) is 0 Å². The number of methoxy groups -OCH3 is 2. The van der Waals surface area contributed by atoms with Crippen molar-refractivity contribution >= 4 is 27.4 Å². The highest BCUT2D eigenvalue weighted by Gasteiger charge is 2.21. The number of hydrogen-bond acceptors (Lipinski definition) is 8. The summed E-state index contributed by atoms with van der Waals surface area (Å²) in [7, 11) is -0.664. The predicted octanol–water partition coefficient (Wildman–Crippen LogP) is 3.57. The van der Waals surface area contributed by atoms with Crippen molar-refractivity contribution in [3.05, 3.63) is 72.2 Å². The Labute approximate surface area is 191 Å². The molecule has 0 unspecified atom stereocenters. The number of hydrogen-bond donors (Lipinski definition) is 1. The van der Waals surface area contributed by atoms with Gasteiger partial charge in [-0.3, -0.25) is 4.79 Å². The second-order valence-corrected chi connectivity index (χ2v) is 8.91. The van der Waals surface area contributed by atoms with Crippen molar-refractivity contribution in [3.8, 4) is 11.5 Å². The smallest absolute Gasteiger partial charge is 0.340 e. The first-order valence-corrected chi connectivity index (χ1v) is 11.6. The van der Waals surface area contributed by atoms with Crippen LogP contribution in [0.3, 0.4) is 0 Å². The molecule has 1 amide bonds. The number of carbonyl (C=O) groups is 2. The maximum atomic E-state index is 12.8. The Balaban J connectivity index is 1.72. The average molecular weight is 474 g/mol. The molecular weight excluding hydrogens is 450 g/mol. The fourth-order valence-corrected chi connectivity index (χ4v) is 4.29. The SMILES string of the molecule is COc1cc(NC(=O)c2ccco2)c(C(=O)OCCCS(=O)(=O)c2ccccc2)cc1OC. The number of furan rings is 1.